The van der Waals surface area contributed by atoms with Crippen molar-refractivity contribution >= 4 is 29.8 Å². The maximum absolute atomic E-state index is 14.1. The third kappa shape index (κ3) is 5.29. The first-order chi connectivity index (χ1) is 20.4. The molecule has 12 heteroatoms. The molecule has 1 aliphatic heterocycles. The van der Waals surface area contributed by atoms with Gasteiger partial charge in [-0.05, 0) is 45.6 Å². The first-order valence-corrected chi connectivity index (χ1v) is 14.9. The predicted octanol–water partition coefficient (Wildman–Crippen LogP) is 3.15. The van der Waals surface area contributed by atoms with E-state index in [0.717, 1.165) is 32.1 Å². The van der Waals surface area contributed by atoms with Crippen LogP contribution in [-0.4, -0.2) is 74.0 Å². The Morgan fingerprint density at radius 2 is 1.73 bits per heavy atom. The van der Waals surface area contributed by atoms with Gasteiger partial charge in [0.05, 0.1) is 41.1 Å². The molecule has 2 aromatic rings. The molecule has 0 aromatic heterocycles. The predicted molar refractivity (Wildman–Crippen MR) is 159 cm³/mol. The Balaban J connectivity index is 0.00000384. The second kappa shape index (κ2) is 12.0. The SMILES string of the molecule is CC(=O)C1(O)Cc2c(O)c3c(c(O)c2C(OC2CC(N)C(O)C(C)O2)C1)C(=O)c1c(OC2CCCCC2)cccc1C3=O.Cl. The van der Waals surface area contributed by atoms with Crippen LogP contribution < -0.4 is 10.5 Å². The molecule has 6 N–H and O–H groups in total. The highest BCUT2D eigenvalue weighted by molar-refractivity contribution is 6.31. The van der Waals surface area contributed by atoms with Crippen LogP contribution in [0.3, 0.4) is 0 Å². The lowest BCUT2D eigenvalue weighted by Crippen LogP contribution is -2.52. The number of halogens is 1. The summed E-state index contributed by atoms with van der Waals surface area (Å²) >= 11 is 0. The van der Waals surface area contributed by atoms with E-state index in [1.165, 1.54) is 13.0 Å². The van der Waals surface area contributed by atoms with Crippen molar-refractivity contribution in [3.8, 4) is 17.2 Å². The topological polar surface area (TPSA) is 186 Å². The van der Waals surface area contributed by atoms with Crippen molar-refractivity contribution in [3.05, 3.63) is 51.6 Å². The molecule has 44 heavy (non-hydrogen) atoms. The smallest absolute Gasteiger partial charge is 0.202 e. The molecular weight excluding hydrogens is 594 g/mol. The number of ketones is 3. The summed E-state index contributed by atoms with van der Waals surface area (Å²) in [4.78, 5) is 40.6. The summed E-state index contributed by atoms with van der Waals surface area (Å²) in [6, 6.07) is 4.01. The zero-order valence-corrected chi connectivity index (χ0v) is 25.4. The largest absolute Gasteiger partial charge is 0.507 e. The number of aromatic hydroxyl groups is 2. The van der Waals surface area contributed by atoms with Gasteiger partial charge in [0.25, 0.3) is 0 Å². The number of phenolic OH excluding ortho intramolecular Hbond substituents is 2. The van der Waals surface area contributed by atoms with Crippen LogP contribution in [0.5, 0.6) is 17.2 Å². The maximum Gasteiger partial charge on any atom is 0.202 e. The van der Waals surface area contributed by atoms with Gasteiger partial charge in [-0.25, -0.2) is 0 Å². The molecule has 11 nitrogen and oxygen atoms in total. The van der Waals surface area contributed by atoms with Gasteiger partial charge in [-0.1, -0.05) is 18.6 Å². The van der Waals surface area contributed by atoms with Gasteiger partial charge in [0.1, 0.15) is 22.8 Å². The number of carbonyl (C=O) groups is 3. The third-order valence-corrected chi connectivity index (χ3v) is 9.42. The zero-order valence-electron chi connectivity index (χ0n) is 24.6. The minimum Gasteiger partial charge on any atom is -0.507 e. The van der Waals surface area contributed by atoms with Crippen molar-refractivity contribution in [3.63, 3.8) is 0 Å². The van der Waals surface area contributed by atoms with E-state index >= 15 is 0 Å². The molecule has 0 spiro atoms. The summed E-state index contributed by atoms with van der Waals surface area (Å²) < 4.78 is 18.1. The van der Waals surface area contributed by atoms with E-state index in [-0.39, 0.29) is 64.9 Å². The number of ether oxygens (including phenoxy) is 3. The summed E-state index contributed by atoms with van der Waals surface area (Å²) in [6.45, 7) is 2.82. The molecule has 6 rings (SSSR count). The molecule has 0 amide bonds. The fourth-order valence-electron chi connectivity index (χ4n) is 6.95. The number of phenols is 2. The van der Waals surface area contributed by atoms with Crippen LogP contribution in [0.25, 0.3) is 0 Å². The van der Waals surface area contributed by atoms with Gasteiger partial charge in [0, 0.05) is 42.0 Å². The average molecular weight is 632 g/mol. The Morgan fingerprint density at radius 3 is 2.39 bits per heavy atom. The first-order valence-electron chi connectivity index (χ1n) is 14.9. The number of hydrogen-bond donors (Lipinski definition) is 5. The second-order valence-electron chi connectivity index (χ2n) is 12.3. The summed E-state index contributed by atoms with van der Waals surface area (Å²) in [6.07, 6.45) is 0.122. The van der Waals surface area contributed by atoms with Gasteiger partial charge in [-0.3, -0.25) is 14.4 Å². The van der Waals surface area contributed by atoms with E-state index < -0.39 is 77.1 Å². The zero-order chi connectivity index (χ0) is 30.8. The fraction of sp³-hybridized carbons (Fsp3) is 0.531. The second-order valence-corrected chi connectivity index (χ2v) is 12.3. The number of Topliss-reactive ketones (excluding diaryl/α,β-unsaturated/α-hetero) is 1. The summed E-state index contributed by atoms with van der Waals surface area (Å²) in [7, 11) is 0. The number of aliphatic hydroxyl groups excluding tert-OH is 1. The molecule has 1 heterocycles. The van der Waals surface area contributed by atoms with Crippen molar-refractivity contribution < 1.29 is 49.0 Å². The van der Waals surface area contributed by atoms with Gasteiger partial charge < -0.3 is 40.4 Å². The summed E-state index contributed by atoms with van der Waals surface area (Å²) in [5.74, 6) is -2.93. The molecule has 2 fully saturated rings. The molecule has 4 aliphatic rings. The van der Waals surface area contributed by atoms with E-state index in [1.54, 1.807) is 19.1 Å². The van der Waals surface area contributed by atoms with E-state index in [9.17, 15) is 34.8 Å². The number of rotatable bonds is 5. The number of benzene rings is 2. The number of hydrogen-bond acceptors (Lipinski definition) is 11. The van der Waals surface area contributed by atoms with E-state index in [4.69, 9.17) is 19.9 Å². The lowest BCUT2D eigenvalue weighted by atomic mass is 9.72. The monoisotopic (exact) mass is 631 g/mol. The lowest BCUT2D eigenvalue weighted by Gasteiger charge is -2.42. The molecule has 3 aliphatic carbocycles. The quantitative estimate of drug-likeness (QED) is 0.260. The van der Waals surface area contributed by atoms with Crippen LogP contribution >= 0.6 is 12.4 Å². The van der Waals surface area contributed by atoms with Crippen molar-refractivity contribution in [2.75, 3.05) is 0 Å². The van der Waals surface area contributed by atoms with Crippen LogP contribution in [0.2, 0.25) is 0 Å². The van der Waals surface area contributed by atoms with Crippen LogP contribution in [0, 0.1) is 0 Å². The van der Waals surface area contributed by atoms with E-state index in [2.05, 4.69) is 0 Å². The van der Waals surface area contributed by atoms with Crippen LogP contribution in [0.4, 0.5) is 0 Å². The highest BCUT2D eigenvalue weighted by Gasteiger charge is 2.49. The van der Waals surface area contributed by atoms with Gasteiger partial charge in [-0.15, -0.1) is 12.4 Å². The molecule has 1 saturated heterocycles. The highest BCUT2D eigenvalue weighted by Crippen LogP contribution is 2.52. The minimum atomic E-state index is -2.00. The minimum absolute atomic E-state index is 0. The van der Waals surface area contributed by atoms with Crippen molar-refractivity contribution in [2.45, 2.75) is 108 Å². The van der Waals surface area contributed by atoms with Gasteiger partial charge in [0.2, 0.25) is 5.78 Å². The van der Waals surface area contributed by atoms with Crippen molar-refractivity contribution in [2.24, 2.45) is 5.73 Å². The maximum atomic E-state index is 14.1. The molecule has 6 atom stereocenters. The Hall–Kier alpha value is -3.06. The molecular formula is C32H38ClNO10. The number of carbonyl (C=O) groups excluding carboxylic acids is 3. The highest BCUT2D eigenvalue weighted by atomic mass is 35.5. The van der Waals surface area contributed by atoms with Crippen LogP contribution in [-0.2, 0) is 20.7 Å². The molecule has 0 radical (unpaired) electrons. The molecule has 1 saturated carbocycles. The van der Waals surface area contributed by atoms with E-state index in [1.807, 2.05) is 0 Å². The van der Waals surface area contributed by atoms with Crippen molar-refractivity contribution in [1.82, 2.24) is 0 Å². The van der Waals surface area contributed by atoms with Gasteiger partial charge >= 0.3 is 0 Å². The standard InChI is InChI=1S/C32H37NO10.ClH/c1-14-27(35)19(33)11-22(41-14)43-21-13-32(40,15(2)34)12-18-24(21)31(39)26-25(29(18)37)28(36)17-9-6-10-20(23(17)30(26)38)42-16-7-4-3-5-8-16;/h6,9-10,14,16,19,21-22,27,35,37,39-40H,3-5,7-8,11-13,33H2,1-2H3;1H. The number of fused-ring (bicyclic) bond motifs is 3. The van der Waals surface area contributed by atoms with Crippen LogP contribution in [0.15, 0.2) is 18.2 Å². The Bertz CT molecular complexity index is 1490. The summed E-state index contributed by atoms with van der Waals surface area (Å²) in [5.41, 5.74) is 3.23. The molecule has 2 aromatic carbocycles. The molecule has 6 unspecified atom stereocenters. The van der Waals surface area contributed by atoms with Gasteiger partial charge in [0.15, 0.2) is 17.9 Å². The third-order valence-electron chi connectivity index (χ3n) is 9.42. The van der Waals surface area contributed by atoms with Crippen molar-refractivity contribution in [1.29, 1.82) is 0 Å². The molecule has 0 bridgehead atoms. The first kappa shape index (κ1) is 32.3. The number of aliphatic hydroxyl groups is 2. The normalized spacial score (nSPS) is 30.1. The molecule has 238 valence electrons. The Morgan fingerprint density at radius 1 is 1.05 bits per heavy atom. The van der Waals surface area contributed by atoms with Crippen LogP contribution in [0.1, 0.15) is 108 Å². The van der Waals surface area contributed by atoms with E-state index in [0.29, 0.717) is 0 Å². The van der Waals surface area contributed by atoms with Gasteiger partial charge in [-0.2, -0.15) is 0 Å². The number of nitrogens with two attached hydrogens (primary N) is 1. The lowest BCUT2D eigenvalue weighted by molar-refractivity contribution is -0.247. The Labute approximate surface area is 260 Å². The Kier molecular flexibility index (Phi) is 8.84. The fourth-order valence-corrected chi connectivity index (χ4v) is 6.95. The summed E-state index contributed by atoms with van der Waals surface area (Å²) in [5, 5.41) is 44.8. The average Bonchev–Trinajstić information content (AvgIpc) is 2.96.